The normalized spacial score (nSPS) is 12.5. The summed E-state index contributed by atoms with van der Waals surface area (Å²) in [5.41, 5.74) is 0. The van der Waals surface area contributed by atoms with Crippen LogP contribution >= 0.6 is 34.8 Å². The van der Waals surface area contributed by atoms with Crippen LogP contribution in [0.4, 0.5) is 0 Å². The van der Waals surface area contributed by atoms with E-state index in [9.17, 15) is 0 Å². The van der Waals surface area contributed by atoms with Crippen molar-refractivity contribution < 1.29 is 0 Å². The highest BCUT2D eigenvalue weighted by Crippen LogP contribution is 2.29. The van der Waals surface area contributed by atoms with E-state index in [2.05, 4.69) is 18.7 Å². The molecule has 0 N–H and O–H groups in total. The van der Waals surface area contributed by atoms with E-state index in [0.717, 1.165) is 19.6 Å². The minimum Gasteiger partial charge on any atom is -0.304 e. The number of halogens is 3. The van der Waals surface area contributed by atoms with Crippen LogP contribution in [0, 0.1) is 0 Å². The van der Waals surface area contributed by atoms with Gasteiger partial charge in [-0.15, -0.1) is 0 Å². The first kappa shape index (κ1) is 11.8. The van der Waals surface area contributed by atoms with E-state index in [4.69, 9.17) is 34.8 Å². The van der Waals surface area contributed by atoms with Crippen molar-refractivity contribution in [2.24, 2.45) is 0 Å². The van der Waals surface area contributed by atoms with E-state index >= 15 is 0 Å². The molecule has 0 aliphatic heterocycles. The van der Waals surface area contributed by atoms with Gasteiger partial charge in [0.25, 0.3) is 0 Å². The fraction of sp³-hybridized carbons (Fsp3) is 1.00. The molecule has 0 aliphatic rings. The minimum atomic E-state index is -1.09. The summed E-state index contributed by atoms with van der Waals surface area (Å²) in [6.45, 7) is 7.07. The second-order valence-corrected chi connectivity index (χ2v) is 4.91. The lowest BCUT2D eigenvalue weighted by atomic mass is 10.4. The maximum absolute atomic E-state index is 5.60. The lowest BCUT2D eigenvalue weighted by Gasteiger charge is -2.20. The van der Waals surface area contributed by atoms with Crippen LogP contribution in [0.2, 0.25) is 0 Å². The molecule has 0 heterocycles. The number of alkyl halides is 3. The molecule has 0 saturated heterocycles. The van der Waals surface area contributed by atoms with E-state index in [1.54, 1.807) is 0 Å². The van der Waals surface area contributed by atoms with Crippen molar-refractivity contribution in [3.05, 3.63) is 0 Å². The summed E-state index contributed by atoms with van der Waals surface area (Å²) in [5, 5.41) is 0. The van der Waals surface area contributed by atoms with Gasteiger partial charge in [0.1, 0.15) is 0 Å². The Balaban J connectivity index is 3.51. The molecule has 0 radical (unpaired) electrons. The van der Waals surface area contributed by atoms with Crippen molar-refractivity contribution in [2.75, 3.05) is 19.6 Å². The van der Waals surface area contributed by atoms with Crippen molar-refractivity contribution in [2.45, 2.75) is 24.1 Å². The molecular weight excluding hydrogens is 204 g/mol. The summed E-state index contributed by atoms with van der Waals surface area (Å²) in [7, 11) is 0. The lowest BCUT2D eigenvalue weighted by molar-refractivity contribution is 0.301. The van der Waals surface area contributed by atoms with Crippen LogP contribution in [0.5, 0.6) is 0 Å². The second-order valence-electron chi connectivity index (χ2n) is 2.39. The Labute approximate surface area is 83.6 Å². The molecular formula is C7H14Cl3N. The Kier molecular flexibility index (Phi) is 5.88. The fourth-order valence-corrected chi connectivity index (χ4v) is 1.08. The Bertz CT molecular complexity index is 96.3. The fourth-order valence-electron chi connectivity index (χ4n) is 0.825. The van der Waals surface area contributed by atoms with Crippen LogP contribution in [-0.2, 0) is 0 Å². The van der Waals surface area contributed by atoms with E-state index in [1.165, 1.54) is 0 Å². The summed E-state index contributed by atoms with van der Waals surface area (Å²) in [5.74, 6) is 0. The first-order chi connectivity index (χ1) is 4.99. The highest BCUT2D eigenvalue weighted by atomic mass is 35.6. The van der Waals surface area contributed by atoms with E-state index in [0.29, 0.717) is 6.42 Å². The van der Waals surface area contributed by atoms with Gasteiger partial charge in [0.15, 0.2) is 3.79 Å². The summed E-state index contributed by atoms with van der Waals surface area (Å²) < 4.78 is -1.09. The van der Waals surface area contributed by atoms with Gasteiger partial charge in [-0.25, -0.2) is 0 Å². The minimum absolute atomic E-state index is 0.597. The molecule has 0 spiro atoms. The average molecular weight is 219 g/mol. The van der Waals surface area contributed by atoms with Crippen molar-refractivity contribution in [3.63, 3.8) is 0 Å². The highest BCUT2D eigenvalue weighted by molar-refractivity contribution is 6.67. The van der Waals surface area contributed by atoms with Crippen LogP contribution in [0.3, 0.4) is 0 Å². The third-order valence-electron chi connectivity index (χ3n) is 1.61. The molecule has 0 fully saturated rings. The quantitative estimate of drug-likeness (QED) is 0.656. The first-order valence-electron chi connectivity index (χ1n) is 3.78. The van der Waals surface area contributed by atoms with Gasteiger partial charge in [0.2, 0.25) is 0 Å². The van der Waals surface area contributed by atoms with Gasteiger partial charge in [0.05, 0.1) is 0 Å². The van der Waals surface area contributed by atoms with Gasteiger partial charge in [-0.05, 0) is 13.1 Å². The first-order valence-corrected chi connectivity index (χ1v) is 4.92. The third kappa shape index (κ3) is 7.20. The predicted octanol–water partition coefficient (Wildman–Crippen LogP) is 3.09. The predicted molar refractivity (Wildman–Crippen MR) is 52.7 cm³/mol. The van der Waals surface area contributed by atoms with Crippen molar-refractivity contribution in [3.8, 4) is 0 Å². The molecule has 11 heavy (non-hydrogen) atoms. The van der Waals surface area contributed by atoms with Gasteiger partial charge >= 0.3 is 0 Å². The summed E-state index contributed by atoms with van der Waals surface area (Å²) in [4.78, 5) is 2.22. The number of nitrogens with zero attached hydrogens (tertiary/aromatic N) is 1. The summed E-state index contributed by atoms with van der Waals surface area (Å²) in [6, 6.07) is 0. The van der Waals surface area contributed by atoms with Gasteiger partial charge in [0, 0.05) is 13.0 Å². The zero-order valence-electron chi connectivity index (χ0n) is 6.91. The topological polar surface area (TPSA) is 3.24 Å². The maximum Gasteiger partial charge on any atom is 0.191 e. The SMILES string of the molecule is CCN(CC)CCC(Cl)(Cl)Cl. The van der Waals surface area contributed by atoms with Crippen LogP contribution in [0.1, 0.15) is 20.3 Å². The Hall–Kier alpha value is 0.830. The molecule has 0 aromatic carbocycles. The van der Waals surface area contributed by atoms with E-state index in [1.807, 2.05) is 0 Å². The molecule has 1 nitrogen and oxygen atoms in total. The summed E-state index contributed by atoms with van der Waals surface area (Å²) >= 11 is 16.8. The smallest absolute Gasteiger partial charge is 0.191 e. The Morgan fingerprint density at radius 2 is 1.55 bits per heavy atom. The molecule has 0 unspecified atom stereocenters. The summed E-state index contributed by atoms with van der Waals surface area (Å²) in [6.07, 6.45) is 0.597. The molecule has 0 atom stereocenters. The monoisotopic (exact) mass is 217 g/mol. The third-order valence-corrected chi connectivity index (χ3v) is 2.17. The zero-order chi connectivity index (χ0) is 8.91. The molecule has 4 heteroatoms. The largest absolute Gasteiger partial charge is 0.304 e. The molecule has 0 aromatic rings. The highest BCUT2D eigenvalue weighted by Gasteiger charge is 2.19. The van der Waals surface area contributed by atoms with Crippen LogP contribution < -0.4 is 0 Å². The van der Waals surface area contributed by atoms with Gasteiger partial charge in [-0.1, -0.05) is 48.7 Å². The molecule has 68 valence electrons. The van der Waals surface area contributed by atoms with Crippen molar-refractivity contribution in [1.29, 1.82) is 0 Å². The molecule has 0 aliphatic carbocycles. The maximum atomic E-state index is 5.60. The Morgan fingerprint density at radius 1 is 1.09 bits per heavy atom. The van der Waals surface area contributed by atoms with E-state index < -0.39 is 3.79 Å². The zero-order valence-corrected chi connectivity index (χ0v) is 9.18. The second kappa shape index (κ2) is 5.47. The van der Waals surface area contributed by atoms with Gasteiger partial charge < -0.3 is 4.90 Å². The Morgan fingerprint density at radius 3 is 1.82 bits per heavy atom. The molecule has 0 aromatic heterocycles. The van der Waals surface area contributed by atoms with E-state index in [-0.39, 0.29) is 0 Å². The van der Waals surface area contributed by atoms with Crippen molar-refractivity contribution in [1.82, 2.24) is 4.90 Å². The van der Waals surface area contributed by atoms with Crippen molar-refractivity contribution >= 4 is 34.8 Å². The molecule has 0 bridgehead atoms. The number of hydrogen-bond donors (Lipinski definition) is 0. The molecule has 0 rings (SSSR count). The average Bonchev–Trinajstić information content (AvgIpc) is 1.88. The van der Waals surface area contributed by atoms with Crippen LogP contribution in [-0.4, -0.2) is 28.3 Å². The number of rotatable bonds is 4. The molecule has 0 amide bonds. The lowest BCUT2D eigenvalue weighted by Crippen LogP contribution is -2.26. The molecule has 0 saturated carbocycles. The van der Waals surface area contributed by atoms with Crippen LogP contribution in [0.15, 0.2) is 0 Å². The number of hydrogen-bond acceptors (Lipinski definition) is 1. The van der Waals surface area contributed by atoms with Gasteiger partial charge in [-0.3, -0.25) is 0 Å². The van der Waals surface area contributed by atoms with Crippen LogP contribution in [0.25, 0.3) is 0 Å². The standard InChI is InChI=1S/C7H14Cl3N/c1-3-11(4-2)6-5-7(8,9)10/h3-6H2,1-2H3. The van der Waals surface area contributed by atoms with Gasteiger partial charge in [-0.2, -0.15) is 0 Å².